The maximum Gasteiger partial charge on any atom is 0.289 e. The summed E-state index contributed by atoms with van der Waals surface area (Å²) < 4.78 is 18.4. The number of halogens is 1. The Morgan fingerprint density at radius 3 is 2.44 bits per heavy atom. The molecule has 0 unspecified atom stereocenters. The first-order chi connectivity index (χ1) is 12.1. The van der Waals surface area contributed by atoms with Crippen molar-refractivity contribution in [3.63, 3.8) is 0 Å². The predicted molar refractivity (Wildman–Crippen MR) is 88.8 cm³/mol. The molecule has 2 amide bonds. The van der Waals surface area contributed by atoms with Gasteiger partial charge in [-0.1, -0.05) is 0 Å². The lowest BCUT2D eigenvalue weighted by Crippen LogP contribution is -2.50. The van der Waals surface area contributed by atoms with E-state index in [-0.39, 0.29) is 17.6 Å². The second-order valence-corrected chi connectivity index (χ2v) is 5.95. The molecule has 0 saturated carbocycles. The van der Waals surface area contributed by atoms with Crippen LogP contribution in [-0.4, -0.2) is 52.8 Å². The maximum atomic E-state index is 13.3. The first-order valence-electron chi connectivity index (χ1n) is 8.02. The molecule has 1 aliphatic heterocycles. The average molecular weight is 341 g/mol. The van der Waals surface area contributed by atoms with Crippen LogP contribution in [0.1, 0.15) is 20.9 Å². The number of benzene rings is 1. The number of hydrogen-bond acceptors (Lipinski definition) is 3. The third kappa shape index (κ3) is 2.77. The molecule has 7 heteroatoms. The van der Waals surface area contributed by atoms with Gasteiger partial charge in [0, 0.05) is 43.3 Å². The summed E-state index contributed by atoms with van der Waals surface area (Å²) in [6, 6.07) is 7.61. The molecule has 6 nitrogen and oxygen atoms in total. The van der Waals surface area contributed by atoms with Crippen molar-refractivity contribution in [2.24, 2.45) is 0 Å². The van der Waals surface area contributed by atoms with Gasteiger partial charge < -0.3 is 19.2 Å². The van der Waals surface area contributed by atoms with Crippen LogP contribution in [0.2, 0.25) is 0 Å². The SMILES string of the molecule is O=C(c1ccco1)N1CCN(C(=O)c2c[nH]c3cc(F)ccc23)CC1. The first kappa shape index (κ1) is 15.4. The van der Waals surface area contributed by atoms with Crippen molar-refractivity contribution in [2.45, 2.75) is 0 Å². The van der Waals surface area contributed by atoms with E-state index in [2.05, 4.69) is 4.98 Å². The lowest BCUT2D eigenvalue weighted by atomic mass is 10.1. The van der Waals surface area contributed by atoms with E-state index in [0.29, 0.717) is 48.4 Å². The standard InChI is InChI=1S/C18H16FN3O3/c19-12-3-4-13-14(11-20-15(13)10-12)17(23)21-5-7-22(8-6-21)18(24)16-2-1-9-25-16/h1-4,9-11,20H,5-8H2. The molecular formula is C18H16FN3O3. The van der Waals surface area contributed by atoms with Crippen molar-refractivity contribution in [1.82, 2.24) is 14.8 Å². The minimum Gasteiger partial charge on any atom is -0.459 e. The van der Waals surface area contributed by atoms with Gasteiger partial charge in [-0.3, -0.25) is 9.59 Å². The van der Waals surface area contributed by atoms with Crippen LogP contribution in [0.15, 0.2) is 47.2 Å². The monoisotopic (exact) mass is 341 g/mol. The van der Waals surface area contributed by atoms with Crippen LogP contribution in [0.5, 0.6) is 0 Å². The fourth-order valence-corrected chi connectivity index (χ4v) is 3.11. The van der Waals surface area contributed by atoms with Crippen LogP contribution in [0.25, 0.3) is 10.9 Å². The zero-order valence-corrected chi connectivity index (χ0v) is 13.4. The summed E-state index contributed by atoms with van der Waals surface area (Å²) in [5.41, 5.74) is 1.11. The fourth-order valence-electron chi connectivity index (χ4n) is 3.11. The highest BCUT2D eigenvalue weighted by Crippen LogP contribution is 2.21. The van der Waals surface area contributed by atoms with Gasteiger partial charge >= 0.3 is 0 Å². The lowest BCUT2D eigenvalue weighted by molar-refractivity contribution is 0.0519. The molecule has 0 bridgehead atoms. The number of aromatic nitrogens is 1. The summed E-state index contributed by atoms with van der Waals surface area (Å²) in [6.07, 6.45) is 3.07. The van der Waals surface area contributed by atoms with E-state index in [0.717, 1.165) is 0 Å². The summed E-state index contributed by atoms with van der Waals surface area (Å²) in [6.45, 7) is 1.78. The highest BCUT2D eigenvalue weighted by Gasteiger charge is 2.27. The highest BCUT2D eigenvalue weighted by atomic mass is 19.1. The third-order valence-electron chi connectivity index (χ3n) is 4.46. The summed E-state index contributed by atoms with van der Waals surface area (Å²) in [5, 5.41) is 0.695. The van der Waals surface area contributed by atoms with E-state index in [9.17, 15) is 14.0 Å². The van der Waals surface area contributed by atoms with Crippen molar-refractivity contribution >= 4 is 22.7 Å². The Morgan fingerprint density at radius 1 is 1.04 bits per heavy atom. The van der Waals surface area contributed by atoms with Gasteiger partial charge in [-0.25, -0.2) is 4.39 Å². The van der Waals surface area contributed by atoms with Crippen LogP contribution in [0.3, 0.4) is 0 Å². The molecule has 4 rings (SSSR count). The molecule has 0 radical (unpaired) electrons. The lowest BCUT2D eigenvalue weighted by Gasteiger charge is -2.34. The topological polar surface area (TPSA) is 69.6 Å². The molecule has 1 fully saturated rings. The van der Waals surface area contributed by atoms with Crippen molar-refractivity contribution < 1.29 is 18.4 Å². The molecule has 25 heavy (non-hydrogen) atoms. The molecule has 3 heterocycles. The van der Waals surface area contributed by atoms with Crippen molar-refractivity contribution in [3.8, 4) is 0 Å². The maximum absolute atomic E-state index is 13.3. The first-order valence-corrected chi connectivity index (χ1v) is 8.02. The van der Waals surface area contributed by atoms with E-state index in [1.54, 1.807) is 34.2 Å². The second kappa shape index (κ2) is 6.08. The molecule has 0 spiro atoms. The van der Waals surface area contributed by atoms with Gasteiger partial charge in [0.05, 0.1) is 11.8 Å². The quantitative estimate of drug-likeness (QED) is 0.779. The van der Waals surface area contributed by atoms with E-state index in [1.165, 1.54) is 18.4 Å². The van der Waals surface area contributed by atoms with Crippen LogP contribution >= 0.6 is 0 Å². The van der Waals surface area contributed by atoms with E-state index in [1.807, 2.05) is 0 Å². The molecule has 1 N–H and O–H groups in total. The molecule has 2 aromatic heterocycles. The third-order valence-corrected chi connectivity index (χ3v) is 4.46. The number of rotatable bonds is 2. The summed E-state index contributed by atoms with van der Waals surface area (Å²) in [4.78, 5) is 31.3. The van der Waals surface area contributed by atoms with Crippen LogP contribution < -0.4 is 0 Å². The molecule has 0 aliphatic carbocycles. The number of H-pyrrole nitrogens is 1. The Hall–Kier alpha value is -3.09. The number of hydrogen-bond donors (Lipinski definition) is 1. The zero-order chi connectivity index (χ0) is 17.4. The van der Waals surface area contributed by atoms with E-state index in [4.69, 9.17) is 4.42 Å². The zero-order valence-electron chi connectivity index (χ0n) is 13.4. The van der Waals surface area contributed by atoms with Gasteiger partial charge in [-0.2, -0.15) is 0 Å². The van der Waals surface area contributed by atoms with Crippen LogP contribution in [-0.2, 0) is 0 Å². The van der Waals surface area contributed by atoms with Gasteiger partial charge in [0.2, 0.25) is 0 Å². The van der Waals surface area contributed by atoms with Crippen molar-refractivity contribution in [1.29, 1.82) is 0 Å². The number of piperazine rings is 1. The number of aromatic amines is 1. The van der Waals surface area contributed by atoms with Crippen LogP contribution in [0, 0.1) is 5.82 Å². The second-order valence-electron chi connectivity index (χ2n) is 5.95. The number of amides is 2. The van der Waals surface area contributed by atoms with Gasteiger partial charge in [0.15, 0.2) is 5.76 Å². The highest BCUT2D eigenvalue weighted by molar-refractivity contribution is 6.06. The minimum absolute atomic E-state index is 0.122. The Kier molecular flexibility index (Phi) is 3.76. The largest absolute Gasteiger partial charge is 0.459 e. The van der Waals surface area contributed by atoms with Gasteiger partial charge in [-0.15, -0.1) is 0 Å². The van der Waals surface area contributed by atoms with Gasteiger partial charge in [-0.05, 0) is 30.3 Å². The minimum atomic E-state index is -0.349. The van der Waals surface area contributed by atoms with Gasteiger partial charge in [0.1, 0.15) is 5.82 Å². The van der Waals surface area contributed by atoms with Crippen molar-refractivity contribution in [3.05, 3.63) is 59.9 Å². The summed E-state index contributed by atoms with van der Waals surface area (Å²) in [7, 11) is 0. The van der Waals surface area contributed by atoms with E-state index >= 15 is 0 Å². The number of fused-ring (bicyclic) bond motifs is 1. The Labute approximate surface area is 142 Å². The summed E-state index contributed by atoms with van der Waals surface area (Å²) >= 11 is 0. The molecule has 0 atom stereocenters. The number of carbonyl (C=O) groups excluding carboxylic acids is 2. The van der Waals surface area contributed by atoms with E-state index < -0.39 is 0 Å². The van der Waals surface area contributed by atoms with Gasteiger partial charge in [0.25, 0.3) is 11.8 Å². The number of nitrogens with zero attached hydrogens (tertiary/aromatic N) is 2. The Bertz CT molecular complexity index is 924. The number of carbonyl (C=O) groups is 2. The molecule has 1 aliphatic rings. The smallest absolute Gasteiger partial charge is 0.289 e. The normalized spacial score (nSPS) is 14.9. The molecule has 128 valence electrons. The Morgan fingerprint density at radius 2 is 1.76 bits per heavy atom. The predicted octanol–water partition coefficient (Wildman–Crippen LogP) is 2.50. The molecule has 1 aromatic carbocycles. The summed E-state index contributed by atoms with van der Waals surface area (Å²) in [5.74, 6) is -0.334. The average Bonchev–Trinajstić information content (AvgIpc) is 3.30. The number of nitrogens with one attached hydrogen (secondary N) is 1. The number of furan rings is 1. The molecular weight excluding hydrogens is 325 g/mol. The molecule has 3 aromatic rings. The molecule has 1 saturated heterocycles. The van der Waals surface area contributed by atoms with Crippen LogP contribution in [0.4, 0.5) is 4.39 Å². The van der Waals surface area contributed by atoms with Crippen molar-refractivity contribution in [2.75, 3.05) is 26.2 Å². The Balaban J connectivity index is 1.46. The fraction of sp³-hybridized carbons (Fsp3) is 0.222.